The van der Waals surface area contributed by atoms with Crippen LogP contribution in [0.5, 0.6) is 0 Å². The van der Waals surface area contributed by atoms with Gasteiger partial charge in [0, 0.05) is 0 Å². The Bertz CT molecular complexity index is 357. The van der Waals surface area contributed by atoms with Crippen molar-refractivity contribution in [2.75, 3.05) is 0 Å². The summed E-state index contributed by atoms with van der Waals surface area (Å²) in [7, 11) is 0. The summed E-state index contributed by atoms with van der Waals surface area (Å²) >= 11 is 0. The Balaban J connectivity index is 2.03. The van der Waals surface area contributed by atoms with Crippen LogP contribution in [0.2, 0.25) is 0 Å². The van der Waals surface area contributed by atoms with E-state index < -0.39 is 12.1 Å². The highest BCUT2D eigenvalue weighted by Gasteiger charge is 2.33. The Hall–Kier alpha value is -1.39. The Kier molecular flexibility index (Phi) is 3.22. The van der Waals surface area contributed by atoms with Gasteiger partial charge in [0.25, 0.3) is 0 Å². The van der Waals surface area contributed by atoms with E-state index in [4.69, 9.17) is 14.9 Å². The lowest BCUT2D eigenvalue weighted by Gasteiger charge is -2.33. The summed E-state index contributed by atoms with van der Waals surface area (Å²) in [6.07, 6.45) is -0.363. The number of hydrogen-bond acceptors (Lipinski definition) is 3. The van der Waals surface area contributed by atoms with E-state index in [1.54, 1.807) is 24.3 Å². The molecule has 0 spiro atoms. The maximum Gasteiger partial charge on any atom is 0.337 e. The maximum absolute atomic E-state index is 11.1. The standard InChI is InChI=1S/C12H14O4/c13-9-6-10(7-9)16-11(12(14)15)8-4-2-1-3-5-8/h1-5,9-11,13H,6-7H2,(H,14,15)/t9-,10+,11?. The highest BCUT2D eigenvalue weighted by atomic mass is 16.5. The molecule has 1 fully saturated rings. The predicted octanol–water partition coefficient (Wildman–Crippen LogP) is 1.35. The Labute approximate surface area is 93.5 Å². The zero-order chi connectivity index (χ0) is 11.5. The van der Waals surface area contributed by atoms with Crippen LogP contribution in [0.4, 0.5) is 0 Å². The molecule has 0 bridgehead atoms. The number of aliphatic hydroxyl groups excluding tert-OH is 1. The van der Waals surface area contributed by atoms with Gasteiger partial charge in [-0.25, -0.2) is 4.79 Å². The van der Waals surface area contributed by atoms with Crippen LogP contribution in [-0.2, 0) is 9.53 Å². The van der Waals surface area contributed by atoms with E-state index >= 15 is 0 Å². The molecule has 0 saturated heterocycles. The van der Waals surface area contributed by atoms with Gasteiger partial charge in [-0.15, -0.1) is 0 Å². The maximum atomic E-state index is 11.1. The van der Waals surface area contributed by atoms with Crippen LogP contribution in [0.25, 0.3) is 0 Å². The zero-order valence-electron chi connectivity index (χ0n) is 8.74. The second-order valence-electron chi connectivity index (χ2n) is 4.01. The Morgan fingerprint density at radius 2 is 1.94 bits per heavy atom. The summed E-state index contributed by atoms with van der Waals surface area (Å²) in [5.74, 6) is -0.993. The summed E-state index contributed by atoms with van der Waals surface area (Å²) in [6, 6.07) is 8.85. The summed E-state index contributed by atoms with van der Waals surface area (Å²) in [4.78, 5) is 11.1. The number of benzene rings is 1. The molecule has 4 heteroatoms. The molecular formula is C12H14O4. The van der Waals surface area contributed by atoms with E-state index in [-0.39, 0.29) is 12.2 Å². The minimum atomic E-state index is -0.993. The van der Waals surface area contributed by atoms with E-state index in [2.05, 4.69) is 0 Å². The first kappa shape index (κ1) is 11.1. The van der Waals surface area contributed by atoms with Gasteiger partial charge in [-0.2, -0.15) is 0 Å². The van der Waals surface area contributed by atoms with Crippen molar-refractivity contribution in [3.05, 3.63) is 35.9 Å². The summed E-state index contributed by atoms with van der Waals surface area (Å²) in [6.45, 7) is 0. The van der Waals surface area contributed by atoms with E-state index in [0.29, 0.717) is 18.4 Å². The van der Waals surface area contributed by atoms with Crippen LogP contribution in [0, 0.1) is 0 Å². The van der Waals surface area contributed by atoms with Crippen LogP contribution >= 0.6 is 0 Å². The molecule has 1 aliphatic rings. The molecule has 4 nitrogen and oxygen atoms in total. The minimum absolute atomic E-state index is 0.142. The van der Waals surface area contributed by atoms with Gasteiger partial charge in [0.2, 0.25) is 0 Å². The smallest absolute Gasteiger partial charge is 0.337 e. The van der Waals surface area contributed by atoms with Gasteiger partial charge < -0.3 is 14.9 Å². The number of rotatable bonds is 4. The molecule has 1 aromatic rings. The van der Waals surface area contributed by atoms with E-state index in [1.165, 1.54) is 0 Å². The molecular weight excluding hydrogens is 208 g/mol. The molecule has 0 amide bonds. The van der Waals surface area contributed by atoms with Crippen molar-refractivity contribution in [3.8, 4) is 0 Å². The fourth-order valence-electron chi connectivity index (χ4n) is 1.75. The molecule has 2 N–H and O–H groups in total. The number of carboxylic acid groups (broad SMARTS) is 1. The van der Waals surface area contributed by atoms with Gasteiger partial charge >= 0.3 is 5.97 Å². The third-order valence-electron chi connectivity index (χ3n) is 2.73. The molecule has 0 aromatic heterocycles. The van der Waals surface area contributed by atoms with E-state index in [1.807, 2.05) is 6.07 Å². The van der Waals surface area contributed by atoms with Gasteiger partial charge in [-0.05, 0) is 18.4 Å². The van der Waals surface area contributed by atoms with Crippen molar-refractivity contribution in [1.82, 2.24) is 0 Å². The lowest BCUT2D eigenvalue weighted by atomic mass is 9.92. The van der Waals surface area contributed by atoms with Crippen molar-refractivity contribution < 1.29 is 19.7 Å². The van der Waals surface area contributed by atoms with Crippen molar-refractivity contribution in [2.45, 2.75) is 31.2 Å². The molecule has 16 heavy (non-hydrogen) atoms. The van der Waals surface area contributed by atoms with Gasteiger partial charge in [0.15, 0.2) is 6.10 Å². The number of aliphatic carboxylic acids is 1. The molecule has 2 rings (SSSR count). The van der Waals surface area contributed by atoms with Crippen molar-refractivity contribution in [2.24, 2.45) is 0 Å². The third kappa shape index (κ3) is 2.40. The number of ether oxygens (including phenoxy) is 1. The van der Waals surface area contributed by atoms with Crippen molar-refractivity contribution in [3.63, 3.8) is 0 Å². The fourth-order valence-corrected chi connectivity index (χ4v) is 1.75. The second-order valence-corrected chi connectivity index (χ2v) is 4.01. The van der Waals surface area contributed by atoms with Crippen LogP contribution in [-0.4, -0.2) is 28.4 Å². The first-order valence-electron chi connectivity index (χ1n) is 5.28. The molecule has 1 atom stereocenters. The average Bonchev–Trinajstić information content (AvgIpc) is 2.23. The lowest BCUT2D eigenvalue weighted by Crippen LogP contribution is -2.37. The molecule has 0 aliphatic heterocycles. The molecule has 1 unspecified atom stereocenters. The third-order valence-corrected chi connectivity index (χ3v) is 2.73. The quantitative estimate of drug-likeness (QED) is 0.807. The normalized spacial score (nSPS) is 25.8. The first-order valence-corrected chi connectivity index (χ1v) is 5.28. The van der Waals surface area contributed by atoms with Gasteiger partial charge in [0.1, 0.15) is 0 Å². The highest BCUT2D eigenvalue weighted by molar-refractivity contribution is 5.74. The zero-order valence-corrected chi connectivity index (χ0v) is 8.74. The Morgan fingerprint density at radius 1 is 1.31 bits per heavy atom. The number of hydrogen-bond donors (Lipinski definition) is 2. The highest BCUT2D eigenvalue weighted by Crippen LogP contribution is 2.29. The van der Waals surface area contributed by atoms with Crippen LogP contribution < -0.4 is 0 Å². The molecule has 1 aliphatic carbocycles. The average molecular weight is 222 g/mol. The van der Waals surface area contributed by atoms with Gasteiger partial charge in [-0.1, -0.05) is 30.3 Å². The SMILES string of the molecule is O=C(O)C(O[C@H]1C[C@@H](O)C1)c1ccccc1. The van der Waals surface area contributed by atoms with Crippen LogP contribution in [0.15, 0.2) is 30.3 Å². The fraction of sp³-hybridized carbons (Fsp3) is 0.417. The molecule has 1 saturated carbocycles. The molecule has 0 heterocycles. The molecule has 86 valence electrons. The van der Waals surface area contributed by atoms with Crippen LogP contribution in [0.3, 0.4) is 0 Å². The largest absolute Gasteiger partial charge is 0.479 e. The van der Waals surface area contributed by atoms with E-state index in [9.17, 15) is 4.79 Å². The Morgan fingerprint density at radius 3 is 2.44 bits per heavy atom. The van der Waals surface area contributed by atoms with Gasteiger partial charge in [-0.3, -0.25) is 0 Å². The summed E-state index contributed by atoms with van der Waals surface area (Å²) in [5, 5.41) is 18.2. The second kappa shape index (κ2) is 4.63. The monoisotopic (exact) mass is 222 g/mol. The van der Waals surface area contributed by atoms with Gasteiger partial charge in [0.05, 0.1) is 12.2 Å². The van der Waals surface area contributed by atoms with E-state index in [0.717, 1.165) is 0 Å². The number of carbonyl (C=O) groups is 1. The molecule has 1 aromatic carbocycles. The van der Waals surface area contributed by atoms with Crippen LogP contribution in [0.1, 0.15) is 24.5 Å². The molecule has 0 radical (unpaired) electrons. The number of aliphatic hydroxyl groups is 1. The first-order chi connectivity index (χ1) is 7.66. The lowest BCUT2D eigenvalue weighted by molar-refractivity contribution is -0.164. The predicted molar refractivity (Wildman–Crippen MR) is 56.9 cm³/mol. The topological polar surface area (TPSA) is 66.8 Å². The number of carboxylic acids is 1. The van der Waals surface area contributed by atoms with Crippen molar-refractivity contribution in [1.29, 1.82) is 0 Å². The minimum Gasteiger partial charge on any atom is -0.479 e. The summed E-state index contributed by atoms with van der Waals surface area (Å²) in [5.41, 5.74) is 0.636. The summed E-state index contributed by atoms with van der Waals surface area (Å²) < 4.78 is 5.44. The van der Waals surface area contributed by atoms with Crippen molar-refractivity contribution >= 4 is 5.97 Å².